The van der Waals surface area contributed by atoms with Gasteiger partial charge >= 0.3 is 11.8 Å². The first kappa shape index (κ1) is 28.4. The summed E-state index contributed by atoms with van der Waals surface area (Å²) in [6.45, 7) is 0.249. The molecule has 4 aromatic rings. The third kappa shape index (κ3) is 9.25. The SMILES string of the molecule is COc1ccc(NC(=O)COc2ccc(/C=N\NC(=O)C(=O)Nc3ccc(OCc4ccccc4)cc3)cc2)cc1. The Morgan fingerprint density at radius 2 is 1.27 bits per heavy atom. The fourth-order valence-corrected chi connectivity index (χ4v) is 3.45. The number of rotatable bonds is 11. The van der Waals surface area contributed by atoms with E-state index < -0.39 is 11.8 Å². The lowest BCUT2D eigenvalue weighted by atomic mass is 10.2. The number of hydrogen-bond acceptors (Lipinski definition) is 7. The minimum Gasteiger partial charge on any atom is -0.497 e. The lowest BCUT2D eigenvalue weighted by Crippen LogP contribution is -2.32. The van der Waals surface area contributed by atoms with E-state index in [2.05, 4.69) is 21.2 Å². The number of carbonyl (C=O) groups is 3. The molecule has 3 amide bonds. The number of methoxy groups -OCH3 is 1. The van der Waals surface area contributed by atoms with Crippen molar-refractivity contribution < 1.29 is 28.6 Å². The average molecular weight is 553 g/mol. The van der Waals surface area contributed by atoms with Crippen molar-refractivity contribution in [3.05, 3.63) is 114 Å². The van der Waals surface area contributed by atoms with Gasteiger partial charge in [0, 0.05) is 11.4 Å². The summed E-state index contributed by atoms with van der Waals surface area (Å²) in [6.07, 6.45) is 1.38. The second-order valence-electron chi connectivity index (χ2n) is 8.59. The van der Waals surface area contributed by atoms with E-state index in [9.17, 15) is 14.4 Å². The predicted molar refractivity (Wildman–Crippen MR) is 155 cm³/mol. The van der Waals surface area contributed by atoms with Crippen LogP contribution in [0.25, 0.3) is 0 Å². The van der Waals surface area contributed by atoms with Gasteiger partial charge in [0.25, 0.3) is 5.91 Å². The summed E-state index contributed by atoms with van der Waals surface area (Å²) in [7, 11) is 1.57. The van der Waals surface area contributed by atoms with Crippen LogP contribution in [0.1, 0.15) is 11.1 Å². The van der Waals surface area contributed by atoms with Crippen molar-refractivity contribution in [3.63, 3.8) is 0 Å². The zero-order chi connectivity index (χ0) is 28.9. The highest BCUT2D eigenvalue weighted by molar-refractivity contribution is 6.39. The predicted octanol–water partition coefficient (Wildman–Crippen LogP) is 4.38. The van der Waals surface area contributed by atoms with Gasteiger partial charge < -0.3 is 24.8 Å². The normalized spacial score (nSPS) is 10.5. The molecule has 4 aromatic carbocycles. The molecule has 0 spiro atoms. The lowest BCUT2D eigenvalue weighted by molar-refractivity contribution is -0.136. The Morgan fingerprint density at radius 1 is 0.683 bits per heavy atom. The molecule has 10 heteroatoms. The van der Waals surface area contributed by atoms with E-state index in [0.29, 0.717) is 40.8 Å². The standard InChI is InChI=1S/C31H28N4O6/c1-39-26-15-9-24(10-16-26)33-29(36)21-41-27-13-7-22(8-14-27)19-32-35-31(38)30(37)34-25-11-17-28(18-12-25)40-20-23-5-3-2-4-6-23/h2-19H,20-21H2,1H3,(H,33,36)(H,34,37)(H,35,38)/b32-19-. The van der Waals surface area contributed by atoms with Gasteiger partial charge in [0.05, 0.1) is 13.3 Å². The molecule has 0 unspecified atom stereocenters. The topological polar surface area (TPSA) is 127 Å². The molecule has 0 radical (unpaired) electrons. The molecule has 0 aliphatic carbocycles. The van der Waals surface area contributed by atoms with Gasteiger partial charge in [-0.05, 0) is 83.9 Å². The van der Waals surface area contributed by atoms with Crippen LogP contribution in [0.2, 0.25) is 0 Å². The number of anilines is 2. The molecule has 0 heterocycles. The Hall–Kier alpha value is -5.64. The van der Waals surface area contributed by atoms with E-state index in [1.54, 1.807) is 79.9 Å². The van der Waals surface area contributed by atoms with E-state index in [4.69, 9.17) is 14.2 Å². The van der Waals surface area contributed by atoms with Crippen molar-refractivity contribution in [1.29, 1.82) is 0 Å². The van der Waals surface area contributed by atoms with Crippen LogP contribution in [0.3, 0.4) is 0 Å². The van der Waals surface area contributed by atoms with Crippen molar-refractivity contribution in [2.75, 3.05) is 24.4 Å². The summed E-state index contributed by atoms with van der Waals surface area (Å²) in [5.74, 6) is -0.293. The van der Waals surface area contributed by atoms with Gasteiger partial charge in [-0.15, -0.1) is 0 Å². The molecule has 0 fully saturated rings. The molecule has 41 heavy (non-hydrogen) atoms. The Labute approximate surface area is 236 Å². The summed E-state index contributed by atoms with van der Waals surface area (Å²) in [5.41, 5.74) is 4.94. The van der Waals surface area contributed by atoms with Crippen LogP contribution < -0.4 is 30.3 Å². The van der Waals surface area contributed by atoms with Crippen molar-refractivity contribution in [2.24, 2.45) is 5.10 Å². The Kier molecular flexibility index (Phi) is 10.0. The number of amides is 3. The van der Waals surface area contributed by atoms with Gasteiger partial charge in [0.1, 0.15) is 23.9 Å². The Bertz CT molecular complexity index is 1470. The van der Waals surface area contributed by atoms with Crippen molar-refractivity contribution in [1.82, 2.24) is 5.43 Å². The summed E-state index contributed by atoms with van der Waals surface area (Å²) < 4.78 is 16.3. The average Bonchev–Trinajstić information content (AvgIpc) is 3.01. The van der Waals surface area contributed by atoms with E-state index >= 15 is 0 Å². The minimum absolute atomic E-state index is 0.173. The lowest BCUT2D eigenvalue weighted by Gasteiger charge is -2.08. The maximum Gasteiger partial charge on any atom is 0.329 e. The molecule has 0 aliphatic heterocycles. The molecule has 10 nitrogen and oxygen atoms in total. The van der Waals surface area contributed by atoms with Crippen LogP contribution in [0, 0.1) is 0 Å². The van der Waals surface area contributed by atoms with Gasteiger partial charge in [-0.2, -0.15) is 5.10 Å². The summed E-state index contributed by atoms with van der Waals surface area (Å²) >= 11 is 0. The van der Waals surface area contributed by atoms with Crippen molar-refractivity contribution in [3.8, 4) is 17.2 Å². The summed E-state index contributed by atoms with van der Waals surface area (Å²) in [6, 6.07) is 30.1. The number of hydrazone groups is 1. The number of nitrogens with one attached hydrogen (secondary N) is 3. The minimum atomic E-state index is -0.923. The number of carbonyl (C=O) groups excluding carboxylic acids is 3. The molecule has 0 aliphatic rings. The van der Waals surface area contributed by atoms with Gasteiger partial charge in [-0.3, -0.25) is 14.4 Å². The second-order valence-corrected chi connectivity index (χ2v) is 8.59. The largest absolute Gasteiger partial charge is 0.497 e. The maximum atomic E-state index is 12.2. The molecular formula is C31H28N4O6. The van der Waals surface area contributed by atoms with Gasteiger partial charge in [-0.1, -0.05) is 30.3 Å². The van der Waals surface area contributed by atoms with Gasteiger partial charge in [0.2, 0.25) is 0 Å². The summed E-state index contributed by atoms with van der Waals surface area (Å²) in [4.78, 5) is 36.4. The zero-order valence-corrected chi connectivity index (χ0v) is 22.2. The second kappa shape index (κ2) is 14.5. The Balaban J connectivity index is 1.16. The molecule has 3 N–H and O–H groups in total. The first-order chi connectivity index (χ1) is 20.0. The van der Waals surface area contributed by atoms with Crippen LogP contribution in [-0.2, 0) is 21.0 Å². The van der Waals surface area contributed by atoms with Crippen LogP contribution in [0.15, 0.2) is 108 Å². The maximum absolute atomic E-state index is 12.2. The highest BCUT2D eigenvalue weighted by atomic mass is 16.5. The molecule has 4 rings (SSSR count). The van der Waals surface area contributed by atoms with E-state index in [0.717, 1.165) is 5.56 Å². The Morgan fingerprint density at radius 3 is 1.93 bits per heavy atom. The number of benzene rings is 4. The fraction of sp³-hybridized carbons (Fsp3) is 0.0968. The third-order valence-electron chi connectivity index (χ3n) is 5.57. The summed E-state index contributed by atoms with van der Waals surface area (Å²) in [5, 5.41) is 9.05. The highest BCUT2D eigenvalue weighted by Crippen LogP contribution is 2.18. The molecule has 0 atom stereocenters. The molecule has 0 saturated carbocycles. The van der Waals surface area contributed by atoms with Crippen LogP contribution in [-0.4, -0.2) is 37.7 Å². The number of nitrogens with zero attached hydrogens (tertiary/aromatic N) is 1. The van der Waals surface area contributed by atoms with Crippen LogP contribution in [0.4, 0.5) is 11.4 Å². The molecule has 208 valence electrons. The first-order valence-electron chi connectivity index (χ1n) is 12.6. The van der Waals surface area contributed by atoms with Crippen LogP contribution >= 0.6 is 0 Å². The van der Waals surface area contributed by atoms with E-state index in [1.807, 2.05) is 30.3 Å². The highest BCUT2D eigenvalue weighted by Gasteiger charge is 2.13. The van der Waals surface area contributed by atoms with Gasteiger partial charge in [-0.25, -0.2) is 5.43 Å². The van der Waals surface area contributed by atoms with Gasteiger partial charge in [0.15, 0.2) is 6.61 Å². The zero-order valence-electron chi connectivity index (χ0n) is 22.2. The van der Waals surface area contributed by atoms with Crippen molar-refractivity contribution in [2.45, 2.75) is 6.61 Å². The molecular weight excluding hydrogens is 524 g/mol. The third-order valence-corrected chi connectivity index (χ3v) is 5.57. The van der Waals surface area contributed by atoms with Crippen LogP contribution in [0.5, 0.6) is 17.2 Å². The van der Waals surface area contributed by atoms with Crippen molar-refractivity contribution >= 4 is 35.3 Å². The molecule has 0 saturated heterocycles. The van der Waals surface area contributed by atoms with E-state index in [1.165, 1.54) is 6.21 Å². The monoisotopic (exact) mass is 552 g/mol. The smallest absolute Gasteiger partial charge is 0.329 e. The van der Waals surface area contributed by atoms with E-state index in [-0.39, 0.29) is 12.5 Å². The first-order valence-corrected chi connectivity index (χ1v) is 12.6. The fourth-order valence-electron chi connectivity index (χ4n) is 3.45. The number of hydrogen-bond donors (Lipinski definition) is 3. The quantitative estimate of drug-likeness (QED) is 0.144. The molecule has 0 bridgehead atoms. The molecule has 0 aromatic heterocycles. The number of ether oxygens (including phenoxy) is 3.